The van der Waals surface area contributed by atoms with E-state index in [1.54, 1.807) is 13.1 Å². The molecule has 0 unspecified atom stereocenters. The van der Waals surface area contributed by atoms with Gasteiger partial charge in [0.1, 0.15) is 5.75 Å². The van der Waals surface area contributed by atoms with Crippen LogP contribution >= 0.6 is 0 Å². The van der Waals surface area contributed by atoms with Crippen molar-refractivity contribution in [3.05, 3.63) is 18.2 Å². The zero-order valence-electron chi connectivity index (χ0n) is 13.2. The van der Waals surface area contributed by atoms with E-state index in [4.69, 9.17) is 4.74 Å². The van der Waals surface area contributed by atoms with Gasteiger partial charge in [0.2, 0.25) is 10.0 Å². The summed E-state index contributed by atoms with van der Waals surface area (Å²) in [7, 11) is -1.94. The molecule has 0 aliphatic carbocycles. The summed E-state index contributed by atoms with van der Waals surface area (Å²) in [5.74, 6) is 0.333. The lowest BCUT2D eigenvalue weighted by molar-refractivity contribution is -0.120. The minimum absolute atomic E-state index is 0.0204. The number of anilines is 1. The second kappa shape index (κ2) is 6.66. The van der Waals surface area contributed by atoms with Crippen molar-refractivity contribution in [2.75, 3.05) is 31.6 Å². The predicted octanol–water partition coefficient (Wildman–Crippen LogP) is 1.85. The molecule has 0 atom stereocenters. The van der Waals surface area contributed by atoms with Crippen LogP contribution in [0.2, 0.25) is 0 Å². The van der Waals surface area contributed by atoms with Gasteiger partial charge < -0.3 is 9.64 Å². The van der Waals surface area contributed by atoms with Crippen molar-refractivity contribution in [2.45, 2.75) is 31.6 Å². The summed E-state index contributed by atoms with van der Waals surface area (Å²) in [5, 5.41) is 0. The summed E-state index contributed by atoms with van der Waals surface area (Å²) in [6.45, 7) is 4.85. The van der Waals surface area contributed by atoms with Crippen LogP contribution in [0, 0.1) is 0 Å². The number of sulfonamides is 1. The topological polar surface area (TPSA) is 66.9 Å². The Labute approximate surface area is 131 Å². The first kappa shape index (κ1) is 16.8. The quantitative estimate of drug-likeness (QED) is 0.800. The third-order valence-electron chi connectivity index (χ3n) is 3.60. The van der Waals surface area contributed by atoms with Crippen LogP contribution < -0.4 is 9.64 Å². The van der Waals surface area contributed by atoms with E-state index < -0.39 is 10.0 Å². The lowest BCUT2D eigenvalue weighted by Crippen LogP contribution is -2.36. The lowest BCUT2D eigenvalue weighted by atomic mass is 10.2. The summed E-state index contributed by atoms with van der Waals surface area (Å²) < 4.78 is 32.4. The number of hydrogen-bond donors (Lipinski definition) is 0. The fourth-order valence-electron chi connectivity index (χ4n) is 2.41. The molecule has 0 aromatic heterocycles. The minimum Gasteiger partial charge on any atom is -0.482 e. The number of rotatable bonds is 6. The maximum Gasteiger partial charge on any atom is 0.264 e. The SMILES string of the molecule is CCCN(CCC)S(=O)(=O)c1ccc2c(c1)N(C)C(=O)CO2. The average Bonchev–Trinajstić information content (AvgIpc) is 2.50. The Morgan fingerprint density at radius 2 is 1.86 bits per heavy atom. The lowest BCUT2D eigenvalue weighted by Gasteiger charge is -2.27. The van der Waals surface area contributed by atoms with Crippen molar-refractivity contribution in [2.24, 2.45) is 0 Å². The Hall–Kier alpha value is -1.60. The highest BCUT2D eigenvalue weighted by molar-refractivity contribution is 7.89. The smallest absolute Gasteiger partial charge is 0.264 e. The van der Waals surface area contributed by atoms with E-state index in [2.05, 4.69) is 0 Å². The molecule has 0 spiro atoms. The molecular weight excluding hydrogens is 304 g/mol. The Morgan fingerprint density at radius 1 is 1.23 bits per heavy atom. The second-order valence-corrected chi connectivity index (χ2v) is 7.21. The highest BCUT2D eigenvalue weighted by Gasteiger charge is 2.28. The number of fused-ring (bicyclic) bond motifs is 1. The van der Waals surface area contributed by atoms with Crippen LogP contribution in [0.1, 0.15) is 26.7 Å². The number of benzene rings is 1. The van der Waals surface area contributed by atoms with Crippen molar-refractivity contribution in [3.8, 4) is 5.75 Å². The molecule has 0 bridgehead atoms. The Morgan fingerprint density at radius 3 is 2.45 bits per heavy atom. The van der Waals surface area contributed by atoms with Crippen LogP contribution in [0.4, 0.5) is 5.69 Å². The largest absolute Gasteiger partial charge is 0.482 e. The summed E-state index contributed by atoms with van der Waals surface area (Å²) in [4.78, 5) is 13.3. The van der Waals surface area contributed by atoms with Crippen LogP contribution in [-0.4, -0.2) is 45.4 Å². The van der Waals surface area contributed by atoms with E-state index in [0.717, 1.165) is 12.8 Å². The molecule has 2 rings (SSSR count). The number of hydrogen-bond acceptors (Lipinski definition) is 4. The molecule has 7 heteroatoms. The molecule has 1 aliphatic rings. The molecule has 1 aromatic carbocycles. The molecule has 22 heavy (non-hydrogen) atoms. The van der Waals surface area contributed by atoms with Gasteiger partial charge in [-0.3, -0.25) is 4.79 Å². The second-order valence-electron chi connectivity index (χ2n) is 5.28. The zero-order valence-corrected chi connectivity index (χ0v) is 14.0. The molecule has 1 aliphatic heterocycles. The Bertz CT molecular complexity index is 652. The van der Waals surface area contributed by atoms with Crippen LogP contribution in [0.3, 0.4) is 0 Å². The van der Waals surface area contributed by atoms with Gasteiger partial charge in [0.05, 0.1) is 10.6 Å². The summed E-state index contributed by atoms with van der Waals surface area (Å²) >= 11 is 0. The fourth-order valence-corrected chi connectivity index (χ4v) is 4.06. The molecule has 1 aromatic rings. The number of carbonyl (C=O) groups excluding carboxylic acids is 1. The van der Waals surface area contributed by atoms with Crippen molar-refractivity contribution < 1.29 is 17.9 Å². The van der Waals surface area contributed by atoms with E-state index >= 15 is 0 Å². The number of amides is 1. The van der Waals surface area contributed by atoms with Gasteiger partial charge in [-0.1, -0.05) is 13.8 Å². The van der Waals surface area contributed by atoms with Gasteiger partial charge in [0.15, 0.2) is 6.61 Å². The first-order chi connectivity index (χ1) is 10.4. The average molecular weight is 326 g/mol. The first-order valence-electron chi connectivity index (χ1n) is 7.45. The van der Waals surface area contributed by atoms with E-state index in [9.17, 15) is 13.2 Å². The molecule has 1 heterocycles. The molecule has 0 saturated heterocycles. The van der Waals surface area contributed by atoms with Crippen molar-refractivity contribution >= 4 is 21.6 Å². The van der Waals surface area contributed by atoms with Gasteiger partial charge in [0, 0.05) is 20.1 Å². The predicted molar refractivity (Wildman–Crippen MR) is 84.7 cm³/mol. The van der Waals surface area contributed by atoms with Gasteiger partial charge in [-0.25, -0.2) is 8.42 Å². The van der Waals surface area contributed by atoms with Gasteiger partial charge in [-0.05, 0) is 31.0 Å². The summed E-state index contributed by atoms with van der Waals surface area (Å²) in [6, 6.07) is 4.66. The molecule has 1 amide bonds. The van der Waals surface area contributed by atoms with Crippen LogP contribution in [0.15, 0.2) is 23.1 Å². The highest BCUT2D eigenvalue weighted by atomic mass is 32.2. The van der Waals surface area contributed by atoms with Crippen LogP contribution in [0.5, 0.6) is 5.75 Å². The Kier molecular flexibility index (Phi) is 5.08. The van der Waals surface area contributed by atoms with Gasteiger partial charge in [-0.2, -0.15) is 4.31 Å². The van der Waals surface area contributed by atoms with E-state index in [-0.39, 0.29) is 17.4 Å². The standard InChI is InChI=1S/C15H22N2O4S/c1-4-8-17(9-5-2)22(19,20)12-6-7-14-13(10-12)16(3)15(18)11-21-14/h6-7,10H,4-5,8-9,11H2,1-3H3. The molecule has 0 saturated carbocycles. The van der Waals surface area contributed by atoms with Gasteiger partial charge in [-0.15, -0.1) is 0 Å². The van der Waals surface area contributed by atoms with Crippen molar-refractivity contribution in [1.82, 2.24) is 4.31 Å². The maximum absolute atomic E-state index is 12.8. The zero-order chi connectivity index (χ0) is 16.3. The number of ether oxygens (including phenoxy) is 1. The van der Waals surface area contributed by atoms with E-state index in [1.165, 1.54) is 21.3 Å². The number of likely N-dealkylation sites (N-methyl/N-ethyl adjacent to an activating group) is 1. The van der Waals surface area contributed by atoms with Crippen molar-refractivity contribution in [3.63, 3.8) is 0 Å². The molecule has 0 radical (unpaired) electrons. The maximum atomic E-state index is 12.8. The van der Waals surface area contributed by atoms with Gasteiger partial charge >= 0.3 is 0 Å². The molecule has 6 nitrogen and oxygen atoms in total. The van der Waals surface area contributed by atoms with Crippen LogP contribution in [0.25, 0.3) is 0 Å². The fraction of sp³-hybridized carbons (Fsp3) is 0.533. The van der Waals surface area contributed by atoms with Crippen molar-refractivity contribution in [1.29, 1.82) is 0 Å². The van der Waals surface area contributed by atoms with Crippen LogP contribution in [-0.2, 0) is 14.8 Å². The number of carbonyl (C=O) groups is 1. The highest BCUT2D eigenvalue weighted by Crippen LogP contribution is 2.34. The molecule has 0 N–H and O–H groups in total. The first-order valence-corrected chi connectivity index (χ1v) is 8.89. The van der Waals surface area contributed by atoms with E-state index in [1.807, 2.05) is 13.8 Å². The minimum atomic E-state index is -3.56. The Balaban J connectivity index is 2.42. The molecular formula is C15H22N2O4S. The summed E-state index contributed by atoms with van der Waals surface area (Å²) in [6.07, 6.45) is 1.51. The molecule has 0 fully saturated rings. The molecule has 122 valence electrons. The third kappa shape index (κ3) is 3.10. The monoisotopic (exact) mass is 326 g/mol. The third-order valence-corrected chi connectivity index (χ3v) is 5.50. The van der Waals surface area contributed by atoms with E-state index in [0.29, 0.717) is 24.5 Å². The normalized spacial score (nSPS) is 14.9. The van der Waals surface area contributed by atoms with Gasteiger partial charge in [0.25, 0.3) is 5.91 Å². The summed E-state index contributed by atoms with van der Waals surface area (Å²) in [5.41, 5.74) is 0.491. The number of nitrogens with zero attached hydrogens (tertiary/aromatic N) is 2.